The van der Waals surface area contributed by atoms with Gasteiger partial charge in [0.1, 0.15) is 5.75 Å². The molecule has 8 heteroatoms. The minimum Gasteiger partial charge on any atom is -0.481 e. The van der Waals surface area contributed by atoms with Gasteiger partial charge in [-0.05, 0) is 31.9 Å². The van der Waals surface area contributed by atoms with E-state index in [0.717, 1.165) is 31.5 Å². The molecule has 1 aromatic carbocycles. The van der Waals surface area contributed by atoms with Gasteiger partial charge in [0.15, 0.2) is 17.7 Å². The van der Waals surface area contributed by atoms with Crippen molar-refractivity contribution in [3.05, 3.63) is 29.8 Å². The number of carbonyl (C=O) groups excluding carboxylic acids is 2. The summed E-state index contributed by atoms with van der Waals surface area (Å²) in [5.74, 6) is -2.03. The second kappa shape index (κ2) is 7.99. The summed E-state index contributed by atoms with van der Waals surface area (Å²) < 4.78 is 31.8. The van der Waals surface area contributed by atoms with Crippen molar-refractivity contribution in [3.63, 3.8) is 0 Å². The first kappa shape index (κ1) is 18.6. The van der Waals surface area contributed by atoms with Crippen molar-refractivity contribution in [1.29, 1.82) is 0 Å². The molecule has 0 spiro atoms. The van der Waals surface area contributed by atoms with E-state index in [9.17, 15) is 18.4 Å². The number of piperazine rings is 1. The Morgan fingerprint density at radius 1 is 1.31 bits per heavy atom. The zero-order chi connectivity index (χ0) is 18.7. The molecular weight excluding hydrogens is 344 g/mol. The molecule has 2 amide bonds. The molecule has 0 aliphatic carbocycles. The lowest BCUT2D eigenvalue weighted by Crippen LogP contribution is -2.58. The van der Waals surface area contributed by atoms with E-state index < -0.39 is 17.7 Å². The molecule has 1 aromatic rings. The Kier molecular flexibility index (Phi) is 5.70. The lowest BCUT2D eigenvalue weighted by molar-refractivity contribution is -0.144. The molecule has 2 aliphatic heterocycles. The number of likely N-dealkylation sites (tertiary alicyclic amines) is 1. The van der Waals surface area contributed by atoms with Crippen molar-refractivity contribution in [2.24, 2.45) is 0 Å². The van der Waals surface area contributed by atoms with Crippen LogP contribution in [0.3, 0.4) is 0 Å². The van der Waals surface area contributed by atoms with Crippen molar-refractivity contribution < 1.29 is 23.1 Å². The maximum Gasteiger partial charge on any atom is 0.263 e. The third-order valence-electron chi connectivity index (χ3n) is 4.83. The van der Waals surface area contributed by atoms with Gasteiger partial charge in [-0.3, -0.25) is 9.59 Å². The van der Waals surface area contributed by atoms with Crippen LogP contribution in [0.4, 0.5) is 8.78 Å². The molecule has 0 aromatic heterocycles. The Hall–Kier alpha value is -2.22. The van der Waals surface area contributed by atoms with Gasteiger partial charge in [-0.15, -0.1) is 0 Å². The zero-order valence-electron chi connectivity index (χ0n) is 14.7. The van der Waals surface area contributed by atoms with Crippen LogP contribution in [0.15, 0.2) is 18.2 Å². The van der Waals surface area contributed by atoms with Crippen LogP contribution in [0.25, 0.3) is 0 Å². The summed E-state index contributed by atoms with van der Waals surface area (Å²) in [5, 5.41) is 3.04. The number of nitrogens with one attached hydrogen (secondary N) is 1. The quantitative estimate of drug-likeness (QED) is 0.868. The van der Waals surface area contributed by atoms with E-state index in [1.165, 1.54) is 6.07 Å². The highest BCUT2D eigenvalue weighted by Crippen LogP contribution is 2.20. The van der Waals surface area contributed by atoms with E-state index >= 15 is 0 Å². The number of benzene rings is 1. The van der Waals surface area contributed by atoms with Crippen LogP contribution in [0.1, 0.15) is 19.8 Å². The van der Waals surface area contributed by atoms with Crippen LogP contribution in [0, 0.1) is 11.6 Å². The number of amides is 2. The van der Waals surface area contributed by atoms with E-state index in [1.54, 1.807) is 11.8 Å². The maximum atomic E-state index is 13.3. The Morgan fingerprint density at radius 3 is 2.85 bits per heavy atom. The predicted octanol–water partition coefficient (Wildman–Crippen LogP) is 1.15. The number of rotatable bonds is 4. The molecule has 2 heterocycles. The van der Waals surface area contributed by atoms with Gasteiger partial charge < -0.3 is 19.9 Å². The summed E-state index contributed by atoms with van der Waals surface area (Å²) in [6, 6.07) is 3.20. The zero-order valence-corrected chi connectivity index (χ0v) is 14.7. The van der Waals surface area contributed by atoms with Gasteiger partial charge >= 0.3 is 0 Å². The summed E-state index contributed by atoms with van der Waals surface area (Å²) >= 11 is 0. The van der Waals surface area contributed by atoms with Gasteiger partial charge in [0.05, 0.1) is 6.54 Å². The highest BCUT2D eigenvalue weighted by Gasteiger charge is 2.33. The van der Waals surface area contributed by atoms with E-state index in [0.29, 0.717) is 26.2 Å². The Morgan fingerprint density at radius 2 is 2.12 bits per heavy atom. The normalized spacial score (nSPS) is 22.3. The fourth-order valence-corrected chi connectivity index (χ4v) is 3.48. The average molecular weight is 367 g/mol. The lowest BCUT2D eigenvalue weighted by atomic mass is 10.0. The number of piperidine rings is 1. The summed E-state index contributed by atoms with van der Waals surface area (Å²) in [6.45, 7) is 4.39. The molecule has 2 fully saturated rings. The molecule has 2 aliphatic rings. The Balaban J connectivity index is 1.60. The first-order valence-corrected chi connectivity index (χ1v) is 8.86. The second-order valence-electron chi connectivity index (χ2n) is 6.68. The van der Waals surface area contributed by atoms with Gasteiger partial charge in [-0.25, -0.2) is 8.78 Å². The fourth-order valence-electron chi connectivity index (χ4n) is 3.48. The average Bonchev–Trinajstić information content (AvgIpc) is 2.64. The first-order chi connectivity index (χ1) is 12.5. The molecule has 0 radical (unpaired) electrons. The molecule has 0 saturated carbocycles. The van der Waals surface area contributed by atoms with Gasteiger partial charge in [-0.2, -0.15) is 0 Å². The minimum absolute atomic E-state index is 0.0118. The predicted molar refractivity (Wildman–Crippen MR) is 90.6 cm³/mol. The maximum absolute atomic E-state index is 13.3. The number of hydrogen-bond acceptors (Lipinski definition) is 4. The van der Waals surface area contributed by atoms with Crippen molar-refractivity contribution in [3.8, 4) is 5.75 Å². The van der Waals surface area contributed by atoms with Gasteiger partial charge in [0, 0.05) is 38.3 Å². The number of ether oxygens (including phenoxy) is 1. The third kappa shape index (κ3) is 4.12. The van der Waals surface area contributed by atoms with E-state index in [-0.39, 0.29) is 23.6 Å². The van der Waals surface area contributed by atoms with Crippen molar-refractivity contribution >= 4 is 11.8 Å². The van der Waals surface area contributed by atoms with Gasteiger partial charge in [0.2, 0.25) is 5.91 Å². The van der Waals surface area contributed by atoms with Crippen LogP contribution in [0.5, 0.6) is 5.75 Å². The number of hydrogen-bond donors (Lipinski definition) is 1. The van der Waals surface area contributed by atoms with Crippen LogP contribution in [-0.4, -0.2) is 66.5 Å². The molecule has 2 unspecified atom stereocenters. The molecule has 142 valence electrons. The molecule has 2 saturated heterocycles. The topological polar surface area (TPSA) is 61.9 Å². The first-order valence-electron chi connectivity index (χ1n) is 8.86. The molecule has 6 nitrogen and oxygen atoms in total. The van der Waals surface area contributed by atoms with Crippen molar-refractivity contribution in [2.75, 3.05) is 32.7 Å². The monoisotopic (exact) mass is 367 g/mol. The second-order valence-corrected chi connectivity index (χ2v) is 6.68. The molecule has 2 atom stereocenters. The highest BCUT2D eigenvalue weighted by molar-refractivity contribution is 5.82. The van der Waals surface area contributed by atoms with Crippen molar-refractivity contribution in [1.82, 2.24) is 15.1 Å². The SMILES string of the molecule is CC(Oc1ccc(F)c(F)c1)C(=O)N1CCCC(N2CCNCC2=O)C1. The molecule has 26 heavy (non-hydrogen) atoms. The highest BCUT2D eigenvalue weighted by atomic mass is 19.2. The van der Waals surface area contributed by atoms with Crippen LogP contribution in [0.2, 0.25) is 0 Å². The Labute approximate surface area is 151 Å². The van der Waals surface area contributed by atoms with Crippen LogP contribution >= 0.6 is 0 Å². The Bertz CT molecular complexity index is 686. The molecular formula is C18H23F2N3O3. The number of halogens is 2. The molecule has 3 rings (SSSR count). The summed E-state index contributed by atoms with van der Waals surface area (Å²) in [5.41, 5.74) is 0. The number of nitrogens with zero attached hydrogens (tertiary/aromatic N) is 2. The third-order valence-corrected chi connectivity index (χ3v) is 4.83. The summed E-state index contributed by atoms with van der Waals surface area (Å²) in [4.78, 5) is 28.3. The van der Waals surface area contributed by atoms with Crippen LogP contribution in [-0.2, 0) is 9.59 Å². The van der Waals surface area contributed by atoms with Gasteiger partial charge in [0.25, 0.3) is 5.91 Å². The summed E-state index contributed by atoms with van der Waals surface area (Å²) in [6.07, 6.45) is 0.858. The van der Waals surface area contributed by atoms with Crippen molar-refractivity contribution in [2.45, 2.75) is 31.9 Å². The summed E-state index contributed by atoms with van der Waals surface area (Å²) in [7, 11) is 0. The minimum atomic E-state index is -1.02. The number of carbonyl (C=O) groups is 2. The molecule has 0 bridgehead atoms. The molecule has 1 N–H and O–H groups in total. The van der Waals surface area contributed by atoms with Crippen LogP contribution < -0.4 is 10.1 Å². The van der Waals surface area contributed by atoms with E-state index in [2.05, 4.69) is 5.32 Å². The standard InChI is InChI=1S/C18H23F2N3O3/c1-12(26-14-4-5-15(19)16(20)9-14)18(25)22-7-2-3-13(11-22)23-8-6-21-10-17(23)24/h4-5,9,12-13,21H,2-3,6-8,10-11H2,1H3. The fraction of sp³-hybridized carbons (Fsp3) is 0.556. The van der Waals surface area contributed by atoms with E-state index in [1.807, 2.05) is 4.90 Å². The smallest absolute Gasteiger partial charge is 0.263 e. The van der Waals surface area contributed by atoms with Gasteiger partial charge in [-0.1, -0.05) is 0 Å². The lowest BCUT2D eigenvalue weighted by Gasteiger charge is -2.41. The largest absolute Gasteiger partial charge is 0.481 e. The van der Waals surface area contributed by atoms with E-state index in [4.69, 9.17) is 4.74 Å².